The molecule has 5 heterocycles. The van der Waals surface area contributed by atoms with Gasteiger partial charge in [-0.25, -0.2) is 4.98 Å². The average Bonchev–Trinajstić information content (AvgIpc) is 3.08. The number of nitrogens with zero attached hydrogens (tertiary/aromatic N) is 5. The van der Waals surface area contributed by atoms with Crippen LogP contribution in [0.15, 0.2) is 47.7 Å². The summed E-state index contributed by atoms with van der Waals surface area (Å²) in [6, 6.07) is 8.38. The third-order valence-electron chi connectivity index (χ3n) is 6.11. The number of hydrogen-bond donors (Lipinski definition) is 0. The standard InChI is InChI=1S/C22H25N5O/c1-15-9-16(5-6-23-15)11-26-12-17-10-18(14-26)20-4-3-19(22(28)27(20)13-17)21-24-7-8-25(21)2/h3-9,17-18H,10-14H2,1-2H3/t17-,18+/m0/s1. The van der Waals surface area contributed by atoms with Crippen molar-refractivity contribution in [3.05, 3.63) is 70.2 Å². The number of aryl methyl sites for hydroxylation is 2. The first kappa shape index (κ1) is 17.4. The van der Waals surface area contributed by atoms with Gasteiger partial charge < -0.3 is 9.13 Å². The molecule has 0 aromatic carbocycles. The van der Waals surface area contributed by atoms with Crippen LogP contribution >= 0.6 is 0 Å². The largest absolute Gasteiger partial charge is 0.334 e. The van der Waals surface area contributed by atoms with E-state index in [1.807, 2.05) is 41.6 Å². The van der Waals surface area contributed by atoms with Crippen LogP contribution in [0.5, 0.6) is 0 Å². The van der Waals surface area contributed by atoms with E-state index in [1.54, 1.807) is 6.20 Å². The Morgan fingerprint density at radius 1 is 1.11 bits per heavy atom. The summed E-state index contributed by atoms with van der Waals surface area (Å²) >= 11 is 0. The number of piperidine rings is 1. The summed E-state index contributed by atoms with van der Waals surface area (Å²) in [4.78, 5) is 24.4. The van der Waals surface area contributed by atoms with Crippen LogP contribution < -0.4 is 5.56 Å². The topological polar surface area (TPSA) is 56.0 Å². The van der Waals surface area contributed by atoms with Crippen molar-refractivity contribution in [3.8, 4) is 11.4 Å². The monoisotopic (exact) mass is 375 g/mol. The Kier molecular flexibility index (Phi) is 4.16. The maximum absolute atomic E-state index is 13.2. The molecule has 2 bridgehead atoms. The van der Waals surface area contributed by atoms with Crippen LogP contribution in [0.3, 0.4) is 0 Å². The molecule has 2 aliphatic rings. The van der Waals surface area contributed by atoms with E-state index in [9.17, 15) is 4.79 Å². The van der Waals surface area contributed by atoms with E-state index in [0.29, 0.717) is 17.4 Å². The van der Waals surface area contributed by atoms with E-state index in [-0.39, 0.29) is 5.56 Å². The van der Waals surface area contributed by atoms with Crippen LogP contribution in [0, 0.1) is 12.8 Å². The van der Waals surface area contributed by atoms with Gasteiger partial charge in [-0.05, 0) is 49.1 Å². The highest BCUT2D eigenvalue weighted by Gasteiger charge is 2.35. The van der Waals surface area contributed by atoms with Crippen LogP contribution in [0.2, 0.25) is 0 Å². The first-order chi connectivity index (χ1) is 13.6. The number of rotatable bonds is 3. The maximum Gasteiger partial charge on any atom is 0.261 e. The molecule has 5 rings (SSSR count). The molecule has 2 aliphatic heterocycles. The van der Waals surface area contributed by atoms with E-state index in [4.69, 9.17) is 0 Å². The van der Waals surface area contributed by atoms with Crippen molar-refractivity contribution >= 4 is 0 Å². The van der Waals surface area contributed by atoms with E-state index in [0.717, 1.165) is 37.7 Å². The molecule has 28 heavy (non-hydrogen) atoms. The molecule has 3 aromatic heterocycles. The second-order valence-corrected chi connectivity index (χ2v) is 8.25. The predicted molar refractivity (Wildman–Crippen MR) is 108 cm³/mol. The molecular formula is C22H25N5O. The highest BCUT2D eigenvalue weighted by molar-refractivity contribution is 5.54. The summed E-state index contributed by atoms with van der Waals surface area (Å²) in [6.45, 7) is 5.83. The lowest BCUT2D eigenvalue weighted by molar-refractivity contribution is 0.114. The normalized spacial score (nSPS) is 21.5. The quantitative estimate of drug-likeness (QED) is 0.706. The molecule has 0 radical (unpaired) electrons. The third kappa shape index (κ3) is 2.98. The number of imidazole rings is 1. The van der Waals surface area contributed by atoms with Gasteiger partial charge in [0.1, 0.15) is 5.82 Å². The summed E-state index contributed by atoms with van der Waals surface area (Å²) in [5.41, 5.74) is 4.35. The minimum atomic E-state index is 0.0970. The van der Waals surface area contributed by atoms with Crippen molar-refractivity contribution < 1.29 is 0 Å². The fraction of sp³-hybridized carbons (Fsp3) is 0.409. The number of likely N-dealkylation sites (tertiary alicyclic amines) is 1. The van der Waals surface area contributed by atoms with Gasteiger partial charge in [-0.2, -0.15) is 0 Å². The SMILES string of the molecule is Cc1cc(CN2C[C@@H]3C[C@H](C2)c2ccc(-c4nccn4C)c(=O)n2C3)ccn1. The zero-order chi connectivity index (χ0) is 19.3. The molecule has 6 heteroatoms. The summed E-state index contributed by atoms with van der Waals surface area (Å²) in [5, 5.41) is 0. The summed E-state index contributed by atoms with van der Waals surface area (Å²) in [5.74, 6) is 1.67. The van der Waals surface area contributed by atoms with Gasteiger partial charge in [0.05, 0.1) is 5.56 Å². The van der Waals surface area contributed by atoms with Crippen LogP contribution in [-0.2, 0) is 20.1 Å². The zero-order valence-corrected chi connectivity index (χ0v) is 16.4. The average molecular weight is 375 g/mol. The van der Waals surface area contributed by atoms with Crippen molar-refractivity contribution in [2.75, 3.05) is 13.1 Å². The van der Waals surface area contributed by atoms with Gasteiger partial charge in [-0.3, -0.25) is 14.7 Å². The van der Waals surface area contributed by atoms with Crippen molar-refractivity contribution in [1.82, 2.24) is 24.0 Å². The van der Waals surface area contributed by atoms with Crippen molar-refractivity contribution in [2.24, 2.45) is 13.0 Å². The molecule has 2 atom stereocenters. The number of hydrogen-bond acceptors (Lipinski definition) is 4. The highest BCUT2D eigenvalue weighted by Crippen LogP contribution is 2.36. The molecule has 0 amide bonds. The molecule has 0 spiro atoms. The van der Waals surface area contributed by atoms with Crippen LogP contribution in [0.25, 0.3) is 11.4 Å². The Hall–Kier alpha value is -2.73. The van der Waals surface area contributed by atoms with Gasteiger partial charge >= 0.3 is 0 Å². The van der Waals surface area contributed by atoms with Gasteiger partial charge in [0.2, 0.25) is 0 Å². The number of aromatic nitrogens is 4. The molecule has 0 aliphatic carbocycles. The second kappa shape index (κ2) is 6.71. The summed E-state index contributed by atoms with van der Waals surface area (Å²) in [7, 11) is 1.93. The van der Waals surface area contributed by atoms with Crippen LogP contribution in [0.4, 0.5) is 0 Å². The van der Waals surface area contributed by atoms with Crippen molar-refractivity contribution in [3.63, 3.8) is 0 Å². The summed E-state index contributed by atoms with van der Waals surface area (Å²) in [6.07, 6.45) is 6.69. The Morgan fingerprint density at radius 3 is 2.79 bits per heavy atom. The lowest BCUT2D eigenvalue weighted by atomic mass is 9.82. The molecule has 1 saturated heterocycles. The third-order valence-corrected chi connectivity index (χ3v) is 6.11. The Balaban J connectivity index is 1.44. The molecule has 6 nitrogen and oxygen atoms in total. The van der Waals surface area contributed by atoms with E-state index in [1.165, 1.54) is 17.7 Å². The van der Waals surface area contributed by atoms with E-state index in [2.05, 4.69) is 33.1 Å². The minimum absolute atomic E-state index is 0.0970. The Morgan fingerprint density at radius 2 is 2.00 bits per heavy atom. The Bertz CT molecular complexity index is 1080. The highest BCUT2D eigenvalue weighted by atomic mass is 16.1. The van der Waals surface area contributed by atoms with E-state index < -0.39 is 0 Å². The predicted octanol–water partition coefficient (Wildman–Crippen LogP) is 2.57. The van der Waals surface area contributed by atoms with Gasteiger partial charge in [0.25, 0.3) is 5.56 Å². The van der Waals surface area contributed by atoms with Crippen molar-refractivity contribution in [1.29, 1.82) is 0 Å². The van der Waals surface area contributed by atoms with Gasteiger partial charge in [-0.1, -0.05) is 0 Å². The first-order valence-electron chi connectivity index (χ1n) is 9.94. The van der Waals surface area contributed by atoms with Crippen molar-refractivity contribution in [2.45, 2.75) is 32.4 Å². The fourth-order valence-electron chi connectivity index (χ4n) is 4.93. The molecule has 1 fully saturated rings. The number of pyridine rings is 2. The second-order valence-electron chi connectivity index (χ2n) is 8.25. The lowest BCUT2D eigenvalue weighted by Gasteiger charge is -2.43. The van der Waals surface area contributed by atoms with Crippen LogP contribution in [0.1, 0.15) is 29.3 Å². The van der Waals surface area contributed by atoms with Gasteiger partial charge in [0, 0.05) is 69.1 Å². The van der Waals surface area contributed by atoms with Gasteiger partial charge in [0.15, 0.2) is 0 Å². The molecule has 0 N–H and O–H groups in total. The smallest absolute Gasteiger partial charge is 0.261 e. The fourth-order valence-corrected chi connectivity index (χ4v) is 4.93. The van der Waals surface area contributed by atoms with E-state index >= 15 is 0 Å². The molecule has 0 unspecified atom stereocenters. The molecular weight excluding hydrogens is 350 g/mol. The number of fused-ring (bicyclic) bond motifs is 4. The molecule has 3 aromatic rings. The Labute approximate surface area is 164 Å². The van der Waals surface area contributed by atoms with Gasteiger partial charge in [-0.15, -0.1) is 0 Å². The lowest BCUT2D eigenvalue weighted by Crippen LogP contribution is -2.47. The summed E-state index contributed by atoms with van der Waals surface area (Å²) < 4.78 is 3.92. The molecule has 144 valence electrons. The minimum Gasteiger partial charge on any atom is -0.334 e. The maximum atomic E-state index is 13.2. The first-order valence-corrected chi connectivity index (χ1v) is 9.94. The zero-order valence-electron chi connectivity index (χ0n) is 16.4. The molecule has 0 saturated carbocycles. The van der Waals surface area contributed by atoms with Crippen LogP contribution in [-0.4, -0.2) is 37.1 Å².